The molecule has 0 spiro atoms. The van der Waals surface area contributed by atoms with Gasteiger partial charge < -0.3 is 9.05 Å². The molecule has 2 rings (SSSR count). The molecule has 0 aliphatic rings. The summed E-state index contributed by atoms with van der Waals surface area (Å²) in [5.74, 6) is 0.620. The van der Waals surface area contributed by atoms with Gasteiger partial charge in [0.05, 0.1) is 0 Å². The molecule has 0 fully saturated rings. The summed E-state index contributed by atoms with van der Waals surface area (Å²) in [5, 5.41) is 0. The van der Waals surface area contributed by atoms with Crippen LogP contribution in [0.15, 0.2) is 54.6 Å². The quantitative estimate of drug-likeness (QED) is 0.495. The van der Waals surface area contributed by atoms with E-state index in [-0.39, 0.29) is 0 Å². The van der Waals surface area contributed by atoms with Crippen molar-refractivity contribution in [2.75, 3.05) is 0 Å². The van der Waals surface area contributed by atoms with E-state index in [9.17, 15) is 9.46 Å². The Morgan fingerprint density at radius 2 is 1.48 bits per heavy atom. The number of unbranched alkanes of at least 4 members (excludes halogenated alkanes) is 3. The van der Waals surface area contributed by atoms with Crippen LogP contribution in [-0.4, -0.2) is 4.89 Å². The number of hydrogen-bond donors (Lipinski definition) is 1. The SMILES string of the molecule is CCCCCCc1ccc(OP(=O)(O)Oc2ccccc2)cc1. The molecule has 2 aromatic rings. The van der Waals surface area contributed by atoms with Crippen LogP contribution in [-0.2, 0) is 11.0 Å². The van der Waals surface area contributed by atoms with Crippen LogP contribution >= 0.6 is 7.82 Å². The standard InChI is InChI=1S/C18H23O4P/c1-2-3-4-6-9-16-12-14-18(15-13-16)22-23(19,20)21-17-10-7-5-8-11-17/h5,7-8,10-15H,2-4,6,9H2,1H3,(H,19,20). The Bertz CT molecular complexity index is 625. The highest BCUT2D eigenvalue weighted by Crippen LogP contribution is 2.44. The molecule has 0 heterocycles. The fourth-order valence-corrected chi connectivity index (χ4v) is 3.05. The summed E-state index contributed by atoms with van der Waals surface area (Å²) in [4.78, 5) is 9.80. The normalized spacial score (nSPS) is 13.3. The number of phosphoric ester groups is 1. The summed E-state index contributed by atoms with van der Waals surface area (Å²) in [6.07, 6.45) is 5.87. The molecule has 0 aliphatic heterocycles. The van der Waals surface area contributed by atoms with E-state index in [1.54, 1.807) is 42.5 Å². The van der Waals surface area contributed by atoms with Crippen LogP contribution in [0.5, 0.6) is 11.5 Å². The number of benzene rings is 2. The van der Waals surface area contributed by atoms with E-state index < -0.39 is 7.82 Å². The predicted octanol–water partition coefficient (Wildman–Crippen LogP) is 5.37. The fraction of sp³-hybridized carbons (Fsp3) is 0.333. The second-order valence-electron chi connectivity index (χ2n) is 5.42. The largest absolute Gasteiger partial charge is 0.584 e. The lowest BCUT2D eigenvalue weighted by Gasteiger charge is -2.14. The van der Waals surface area contributed by atoms with Crippen LogP contribution in [0.1, 0.15) is 38.2 Å². The number of aryl methyl sites for hydroxylation is 1. The van der Waals surface area contributed by atoms with Gasteiger partial charge in [0.25, 0.3) is 0 Å². The van der Waals surface area contributed by atoms with E-state index in [1.165, 1.54) is 24.8 Å². The molecule has 23 heavy (non-hydrogen) atoms. The van der Waals surface area contributed by atoms with Gasteiger partial charge in [-0.1, -0.05) is 56.5 Å². The molecule has 0 bridgehead atoms. The van der Waals surface area contributed by atoms with Crippen LogP contribution in [0, 0.1) is 0 Å². The molecular weight excluding hydrogens is 311 g/mol. The van der Waals surface area contributed by atoms with Crippen molar-refractivity contribution in [3.05, 3.63) is 60.2 Å². The first kappa shape index (κ1) is 17.6. The smallest absolute Gasteiger partial charge is 0.395 e. The van der Waals surface area contributed by atoms with E-state index in [4.69, 9.17) is 9.05 Å². The van der Waals surface area contributed by atoms with Gasteiger partial charge in [-0.3, -0.25) is 4.89 Å². The Hall–Kier alpha value is -1.77. The van der Waals surface area contributed by atoms with E-state index >= 15 is 0 Å². The van der Waals surface area contributed by atoms with Gasteiger partial charge in [-0.15, -0.1) is 0 Å². The second-order valence-corrected chi connectivity index (χ2v) is 6.72. The molecule has 4 nitrogen and oxygen atoms in total. The highest BCUT2D eigenvalue weighted by Gasteiger charge is 2.24. The van der Waals surface area contributed by atoms with Crippen molar-refractivity contribution in [3.8, 4) is 11.5 Å². The lowest BCUT2D eigenvalue weighted by Crippen LogP contribution is -1.99. The van der Waals surface area contributed by atoms with Crippen LogP contribution in [0.3, 0.4) is 0 Å². The minimum atomic E-state index is -4.18. The van der Waals surface area contributed by atoms with E-state index in [0.717, 1.165) is 12.8 Å². The Morgan fingerprint density at radius 3 is 2.09 bits per heavy atom. The average molecular weight is 334 g/mol. The minimum absolute atomic E-state index is 0.297. The van der Waals surface area contributed by atoms with Crippen LogP contribution in [0.2, 0.25) is 0 Å². The third-order valence-corrected chi connectivity index (χ3v) is 4.31. The maximum absolute atomic E-state index is 12.0. The van der Waals surface area contributed by atoms with Crippen molar-refractivity contribution >= 4 is 7.82 Å². The zero-order valence-corrected chi connectivity index (χ0v) is 14.2. The Labute approximate surface area is 137 Å². The van der Waals surface area contributed by atoms with Crippen LogP contribution in [0.4, 0.5) is 0 Å². The first-order valence-electron chi connectivity index (χ1n) is 7.95. The van der Waals surface area contributed by atoms with E-state index in [0.29, 0.717) is 11.5 Å². The summed E-state index contributed by atoms with van der Waals surface area (Å²) in [5.41, 5.74) is 1.20. The molecule has 0 amide bonds. The van der Waals surface area contributed by atoms with Gasteiger partial charge in [-0.25, -0.2) is 4.57 Å². The first-order valence-corrected chi connectivity index (χ1v) is 9.44. The molecule has 1 unspecified atom stereocenters. The van der Waals surface area contributed by atoms with E-state index in [1.807, 2.05) is 12.1 Å². The van der Waals surface area contributed by atoms with Gasteiger partial charge in [-0.05, 0) is 42.7 Å². The minimum Gasteiger partial charge on any atom is -0.395 e. The number of para-hydroxylation sites is 1. The highest BCUT2D eigenvalue weighted by molar-refractivity contribution is 7.48. The Balaban J connectivity index is 1.88. The van der Waals surface area contributed by atoms with Crippen LogP contribution < -0.4 is 9.05 Å². The lowest BCUT2D eigenvalue weighted by atomic mass is 10.1. The number of phosphoric acid groups is 1. The zero-order chi connectivity index (χ0) is 16.5. The summed E-state index contributed by atoms with van der Waals surface area (Å²) in [6, 6.07) is 15.7. The zero-order valence-electron chi connectivity index (χ0n) is 13.4. The van der Waals surface area contributed by atoms with Gasteiger partial charge in [-0.2, -0.15) is 0 Å². The molecule has 1 atom stereocenters. The van der Waals surface area contributed by atoms with E-state index in [2.05, 4.69) is 6.92 Å². The van der Waals surface area contributed by atoms with Crippen molar-refractivity contribution in [1.82, 2.24) is 0 Å². The molecule has 0 saturated heterocycles. The fourth-order valence-electron chi connectivity index (χ4n) is 2.24. The molecule has 2 aromatic carbocycles. The molecule has 1 N–H and O–H groups in total. The number of hydrogen-bond acceptors (Lipinski definition) is 3. The molecular formula is C18H23O4P. The van der Waals surface area contributed by atoms with Crippen LogP contribution in [0.25, 0.3) is 0 Å². The molecule has 0 saturated carbocycles. The van der Waals surface area contributed by atoms with Gasteiger partial charge in [0.15, 0.2) is 0 Å². The third kappa shape index (κ3) is 6.47. The summed E-state index contributed by atoms with van der Waals surface area (Å²) >= 11 is 0. The van der Waals surface area contributed by atoms with Crippen molar-refractivity contribution in [2.24, 2.45) is 0 Å². The summed E-state index contributed by atoms with van der Waals surface area (Å²) < 4.78 is 22.1. The van der Waals surface area contributed by atoms with Gasteiger partial charge in [0.1, 0.15) is 11.5 Å². The third-order valence-electron chi connectivity index (χ3n) is 3.43. The van der Waals surface area contributed by atoms with Gasteiger partial charge in [0, 0.05) is 0 Å². The van der Waals surface area contributed by atoms with Crippen molar-refractivity contribution in [2.45, 2.75) is 39.0 Å². The summed E-state index contributed by atoms with van der Waals surface area (Å²) in [6.45, 7) is 2.19. The average Bonchev–Trinajstić information content (AvgIpc) is 2.53. The monoisotopic (exact) mass is 334 g/mol. The van der Waals surface area contributed by atoms with Crippen molar-refractivity contribution in [1.29, 1.82) is 0 Å². The van der Waals surface area contributed by atoms with Crippen molar-refractivity contribution < 1.29 is 18.5 Å². The maximum Gasteiger partial charge on any atom is 0.584 e. The first-order chi connectivity index (χ1) is 11.1. The second kappa shape index (κ2) is 8.76. The predicted molar refractivity (Wildman–Crippen MR) is 91.8 cm³/mol. The molecule has 124 valence electrons. The molecule has 5 heteroatoms. The maximum atomic E-state index is 12.0. The van der Waals surface area contributed by atoms with Crippen molar-refractivity contribution in [3.63, 3.8) is 0 Å². The Morgan fingerprint density at radius 1 is 0.870 bits per heavy atom. The summed E-state index contributed by atoms with van der Waals surface area (Å²) in [7, 11) is -4.18. The van der Waals surface area contributed by atoms with Gasteiger partial charge in [0.2, 0.25) is 0 Å². The highest BCUT2D eigenvalue weighted by atomic mass is 31.2. The Kier molecular flexibility index (Phi) is 6.69. The topological polar surface area (TPSA) is 55.8 Å². The molecule has 0 aliphatic carbocycles. The lowest BCUT2D eigenvalue weighted by molar-refractivity contribution is 0.291. The molecule has 0 radical (unpaired) electrons. The number of rotatable bonds is 9. The molecule has 0 aromatic heterocycles. The van der Waals surface area contributed by atoms with Gasteiger partial charge >= 0.3 is 7.82 Å².